The Balaban J connectivity index is 2.64. The molecule has 0 spiro atoms. The molecular weight excluding hydrogens is 182 g/mol. The van der Waals surface area contributed by atoms with Crippen LogP contribution in [0.5, 0.6) is 0 Å². The normalized spacial score (nSPS) is 34.4. The second-order valence-corrected chi connectivity index (χ2v) is 3.13. The van der Waals surface area contributed by atoms with Crippen LogP contribution in [0.1, 0.15) is 12.8 Å². The van der Waals surface area contributed by atoms with E-state index in [1.165, 1.54) is 0 Å². The molecule has 3 heteroatoms. The highest BCUT2D eigenvalue weighted by Gasteiger charge is 2.31. The number of ketones is 1. The van der Waals surface area contributed by atoms with Gasteiger partial charge in [0.25, 0.3) is 0 Å². The van der Waals surface area contributed by atoms with Crippen LogP contribution in [0.15, 0.2) is 0 Å². The first-order chi connectivity index (χ1) is 4.25. The average molecular weight is 188 g/mol. The van der Waals surface area contributed by atoms with Gasteiger partial charge in [-0.1, -0.05) is 15.9 Å². The first-order valence-electron chi connectivity index (χ1n) is 2.82. The molecule has 0 amide bonds. The lowest BCUT2D eigenvalue weighted by atomic mass is 10.1. The quantitative estimate of drug-likeness (QED) is 0.536. The third-order valence-electron chi connectivity index (χ3n) is 1.53. The Kier molecular flexibility index (Phi) is 1.87. The van der Waals surface area contributed by atoms with Crippen LogP contribution in [0.25, 0.3) is 0 Å². The summed E-state index contributed by atoms with van der Waals surface area (Å²) in [5.41, 5.74) is 0. The van der Waals surface area contributed by atoms with Crippen LogP contribution in [0.3, 0.4) is 0 Å². The lowest BCUT2D eigenvalue weighted by Crippen LogP contribution is -2.11. The summed E-state index contributed by atoms with van der Waals surface area (Å²) in [4.78, 5) is 10.6. The fourth-order valence-corrected chi connectivity index (χ4v) is 1.55. The zero-order valence-corrected chi connectivity index (χ0v) is 6.39. The minimum absolute atomic E-state index is 0.0856. The van der Waals surface area contributed by atoms with Crippen molar-refractivity contribution in [3.05, 3.63) is 0 Å². The van der Waals surface area contributed by atoms with Crippen molar-refractivity contribution in [2.75, 3.05) is 0 Å². The van der Waals surface area contributed by atoms with E-state index in [0.717, 1.165) is 6.42 Å². The molecule has 1 fully saturated rings. The molecule has 1 rings (SSSR count). The van der Waals surface area contributed by atoms with Gasteiger partial charge in [-0.15, -0.1) is 0 Å². The number of Topliss-reactive ketones (excluding diaryl/α,β-unsaturated/α-hetero) is 1. The van der Waals surface area contributed by atoms with Gasteiger partial charge in [0.1, 0.15) is 5.78 Å². The zero-order valence-electron chi connectivity index (χ0n) is 4.80. The molecule has 0 unspecified atom stereocenters. The van der Waals surface area contributed by atoms with Crippen molar-refractivity contribution in [2.24, 2.45) is 5.92 Å². The first kappa shape index (κ1) is 6.76. The maximum atomic E-state index is 10.7. The highest BCUT2D eigenvalue weighted by atomic mass is 79.9. The summed E-state index contributed by atoms with van der Waals surface area (Å²) in [7, 11) is 0. The van der Waals surface area contributed by atoms with E-state index in [9.17, 15) is 4.79 Å². The van der Waals surface area contributed by atoms with Gasteiger partial charge in [-0.3, -0.25) is 4.79 Å². The Hall–Kier alpha value is -0.360. The van der Waals surface area contributed by atoms with Gasteiger partial charge < -0.3 is 0 Å². The van der Waals surface area contributed by atoms with Crippen molar-refractivity contribution >= 4 is 21.7 Å². The number of nitriles is 1. The molecule has 0 heterocycles. The van der Waals surface area contributed by atoms with E-state index in [4.69, 9.17) is 5.26 Å². The molecular formula is C6H6BrNO. The molecule has 0 radical (unpaired) electrons. The summed E-state index contributed by atoms with van der Waals surface area (Å²) in [5.74, 6) is 0.0825. The molecule has 2 atom stereocenters. The smallest absolute Gasteiger partial charge is 0.147 e. The van der Waals surface area contributed by atoms with Crippen molar-refractivity contribution < 1.29 is 4.79 Å². The molecule has 0 aromatic rings. The molecule has 0 N–H and O–H groups in total. The summed E-state index contributed by atoms with van der Waals surface area (Å²) in [5, 5.41) is 8.42. The lowest BCUT2D eigenvalue weighted by molar-refractivity contribution is -0.116. The van der Waals surface area contributed by atoms with E-state index >= 15 is 0 Å². The largest absolute Gasteiger partial charge is 0.298 e. The van der Waals surface area contributed by atoms with E-state index in [0.29, 0.717) is 6.42 Å². The molecule has 0 aromatic carbocycles. The summed E-state index contributed by atoms with van der Waals surface area (Å²) >= 11 is 3.16. The lowest BCUT2D eigenvalue weighted by Gasteiger charge is -1.98. The number of hydrogen-bond donors (Lipinski definition) is 0. The monoisotopic (exact) mass is 187 g/mol. The minimum atomic E-state index is -0.192. The fraction of sp³-hybridized carbons (Fsp3) is 0.667. The van der Waals surface area contributed by atoms with Crippen molar-refractivity contribution in [1.82, 2.24) is 0 Å². The second kappa shape index (κ2) is 2.49. The summed E-state index contributed by atoms with van der Waals surface area (Å²) in [6.45, 7) is 0. The Morgan fingerprint density at radius 2 is 2.44 bits per heavy atom. The second-order valence-electron chi connectivity index (χ2n) is 2.14. The van der Waals surface area contributed by atoms with Gasteiger partial charge in [0, 0.05) is 6.42 Å². The number of rotatable bonds is 0. The summed E-state index contributed by atoms with van der Waals surface area (Å²) in [6.07, 6.45) is 1.29. The van der Waals surface area contributed by atoms with Gasteiger partial charge in [0.05, 0.1) is 16.8 Å². The van der Waals surface area contributed by atoms with E-state index < -0.39 is 0 Å². The zero-order chi connectivity index (χ0) is 6.85. The SMILES string of the molecule is N#C[C@@H]1CCC(=O)[C@H]1Br. The molecule has 1 aliphatic carbocycles. The molecule has 1 aliphatic rings. The van der Waals surface area contributed by atoms with Crippen LogP contribution in [0.4, 0.5) is 0 Å². The predicted molar refractivity (Wildman–Crippen MR) is 36.1 cm³/mol. The highest BCUT2D eigenvalue weighted by Crippen LogP contribution is 2.27. The van der Waals surface area contributed by atoms with Gasteiger partial charge in [-0.25, -0.2) is 0 Å². The van der Waals surface area contributed by atoms with Gasteiger partial charge in [-0.2, -0.15) is 5.26 Å². The number of carbonyl (C=O) groups is 1. The van der Waals surface area contributed by atoms with Gasteiger partial charge in [-0.05, 0) is 6.42 Å². The van der Waals surface area contributed by atoms with Crippen LogP contribution in [-0.4, -0.2) is 10.6 Å². The topological polar surface area (TPSA) is 40.9 Å². The maximum Gasteiger partial charge on any atom is 0.147 e. The van der Waals surface area contributed by atoms with Crippen LogP contribution in [0.2, 0.25) is 0 Å². The van der Waals surface area contributed by atoms with Gasteiger partial charge in [0.2, 0.25) is 0 Å². The van der Waals surface area contributed by atoms with Gasteiger partial charge >= 0.3 is 0 Å². The molecule has 9 heavy (non-hydrogen) atoms. The number of alkyl halides is 1. The van der Waals surface area contributed by atoms with Gasteiger partial charge in [0.15, 0.2) is 0 Å². The molecule has 48 valence electrons. The van der Waals surface area contributed by atoms with E-state index in [-0.39, 0.29) is 16.5 Å². The molecule has 0 bridgehead atoms. The van der Waals surface area contributed by atoms with Crippen molar-refractivity contribution in [3.63, 3.8) is 0 Å². The Morgan fingerprint density at radius 3 is 2.67 bits per heavy atom. The highest BCUT2D eigenvalue weighted by molar-refractivity contribution is 9.10. The van der Waals surface area contributed by atoms with Crippen molar-refractivity contribution in [1.29, 1.82) is 5.26 Å². The Morgan fingerprint density at radius 1 is 1.78 bits per heavy atom. The third-order valence-corrected chi connectivity index (χ3v) is 2.68. The third kappa shape index (κ3) is 1.13. The maximum absolute atomic E-state index is 10.7. The minimum Gasteiger partial charge on any atom is -0.298 e. The first-order valence-corrected chi connectivity index (χ1v) is 3.73. The molecule has 0 aromatic heterocycles. The standard InChI is InChI=1S/C6H6BrNO/c7-6-4(3-8)1-2-5(6)9/h4,6H,1-2H2/t4-,6-/m0/s1. The average Bonchev–Trinajstić information content (AvgIpc) is 2.15. The molecule has 2 nitrogen and oxygen atoms in total. The van der Waals surface area contributed by atoms with Crippen LogP contribution < -0.4 is 0 Å². The Bertz CT molecular complexity index is 172. The Labute approximate surface area is 62.0 Å². The van der Waals surface area contributed by atoms with Crippen molar-refractivity contribution in [3.8, 4) is 6.07 Å². The number of nitrogens with zero attached hydrogens (tertiary/aromatic N) is 1. The number of hydrogen-bond acceptors (Lipinski definition) is 2. The van der Waals surface area contributed by atoms with Crippen LogP contribution >= 0.6 is 15.9 Å². The number of halogens is 1. The number of carbonyl (C=O) groups excluding carboxylic acids is 1. The molecule has 1 saturated carbocycles. The van der Waals surface area contributed by atoms with E-state index in [2.05, 4.69) is 22.0 Å². The predicted octanol–water partition coefficient (Wildman–Crippen LogP) is 1.25. The summed E-state index contributed by atoms with van der Waals surface area (Å²) < 4.78 is 0. The molecule has 0 aliphatic heterocycles. The van der Waals surface area contributed by atoms with Crippen LogP contribution in [0, 0.1) is 17.2 Å². The fourth-order valence-electron chi connectivity index (χ4n) is 0.936. The van der Waals surface area contributed by atoms with Crippen molar-refractivity contribution in [2.45, 2.75) is 17.7 Å². The van der Waals surface area contributed by atoms with Crippen LogP contribution in [-0.2, 0) is 4.79 Å². The molecule has 0 saturated heterocycles. The van der Waals surface area contributed by atoms with E-state index in [1.807, 2.05) is 0 Å². The van der Waals surface area contributed by atoms with E-state index in [1.54, 1.807) is 0 Å². The summed E-state index contributed by atoms with van der Waals surface area (Å²) in [6, 6.07) is 2.08.